The summed E-state index contributed by atoms with van der Waals surface area (Å²) in [7, 11) is 0. The highest BCUT2D eigenvalue weighted by atomic mass is 15.1. The molecule has 13 rings (SSSR count). The van der Waals surface area contributed by atoms with Gasteiger partial charge in [-0.15, -0.1) is 0 Å². The molecule has 3 heterocycles. The predicted molar refractivity (Wildman–Crippen MR) is 267 cm³/mol. The molecule has 66 heavy (non-hydrogen) atoms. The number of rotatable bonds is 4. The van der Waals surface area contributed by atoms with Gasteiger partial charge in [0, 0.05) is 43.3 Å². The van der Waals surface area contributed by atoms with E-state index in [2.05, 4.69) is 173 Å². The second kappa shape index (κ2) is 13.7. The first-order valence-electron chi connectivity index (χ1n) is 22.1. The molecule has 0 saturated heterocycles. The molecule has 0 fully saturated rings. The van der Waals surface area contributed by atoms with E-state index in [-0.39, 0.29) is 5.41 Å². The second-order valence-electron chi connectivity index (χ2n) is 17.7. The Labute approximate surface area is 379 Å². The summed E-state index contributed by atoms with van der Waals surface area (Å²) in [6, 6.07) is 70.3. The fourth-order valence-corrected chi connectivity index (χ4v) is 11.5. The lowest BCUT2D eigenvalue weighted by Gasteiger charge is -2.26. The highest BCUT2D eigenvalue weighted by molar-refractivity contribution is 6.17. The standard InChI is InChI=1S/C60H36N6/c1-60(2)47-21-9-3-15-38(47)43-31-32-53-55(56(43)60)44-20-8-14-26-52(44)66(53)57-45(34-62)58(64-48-22-10-4-16-39(48)40-17-5-11-23-49(40)64)54(37-29-27-36(33-61)28-30-37)59(46(57)35-63)65-50-24-12-6-18-41(50)42-19-7-13-25-51(42)65/h3-32H,1-2H3. The van der Waals surface area contributed by atoms with E-state index in [0.717, 1.165) is 71.0 Å². The third-order valence-corrected chi connectivity index (χ3v) is 14.1. The van der Waals surface area contributed by atoms with Crippen LogP contribution < -0.4 is 0 Å². The minimum Gasteiger partial charge on any atom is -0.307 e. The molecule has 0 atom stereocenters. The average Bonchev–Trinajstić information content (AvgIpc) is 4.06. The molecule has 6 nitrogen and oxygen atoms in total. The van der Waals surface area contributed by atoms with Crippen molar-refractivity contribution < 1.29 is 0 Å². The summed E-state index contributed by atoms with van der Waals surface area (Å²) in [5.74, 6) is 0. The van der Waals surface area contributed by atoms with Crippen molar-refractivity contribution in [2.45, 2.75) is 19.3 Å². The maximum absolute atomic E-state index is 12.1. The molecule has 6 heteroatoms. The molecule has 3 aromatic heterocycles. The van der Waals surface area contributed by atoms with Gasteiger partial charge >= 0.3 is 0 Å². The fourth-order valence-electron chi connectivity index (χ4n) is 11.5. The van der Waals surface area contributed by atoms with Gasteiger partial charge in [-0.2, -0.15) is 15.8 Å². The molecule has 0 aliphatic heterocycles. The maximum Gasteiger partial charge on any atom is 0.104 e. The van der Waals surface area contributed by atoms with Crippen molar-refractivity contribution in [2.75, 3.05) is 0 Å². The van der Waals surface area contributed by atoms with Crippen LogP contribution in [-0.4, -0.2) is 13.7 Å². The number of hydrogen-bond acceptors (Lipinski definition) is 3. The Morgan fingerprint density at radius 3 is 1.29 bits per heavy atom. The van der Waals surface area contributed by atoms with Crippen LogP contribution in [-0.2, 0) is 5.41 Å². The zero-order valence-electron chi connectivity index (χ0n) is 36.0. The van der Waals surface area contributed by atoms with Gasteiger partial charge in [-0.1, -0.05) is 147 Å². The molecule has 1 aliphatic carbocycles. The van der Waals surface area contributed by atoms with Gasteiger partial charge in [0.2, 0.25) is 0 Å². The summed E-state index contributed by atoms with van der Waals surface area (Å²) in [6.45, 7) is 4.61. The van der Waals surface area contributed by atoms with Crippen LogP contribution in [0.1, 0.15) is 41.7 Å². The van der Waals surface area contributed by atoms with Gasteiger partial charge in [-0.25, -0.2) is 0 Å². The monoisotopic (exact) mass is 840 g/mol. The van der Waals surface area contributed by atoms with E-state index < -0.39 is 0 Å². The first kappa shape index (κ1) is 37.4. The van der Waals surface area contributed by atoms with Gasteiger partial charge in [-0.3, -0.25) is 0 Å². The van der Waals surface area contributed by atoms with Gasteiger partial charge in [-0.05, 0) is 76.3 Å². The molecule has 0 radical (unpaired) electrons. The van der Waals surface area contributed by atoms with E-state index in [1.54, 1.807) is 0 Å². The lowest BCUT2D eigenvalue weighted by molar-refractivity contribution is 0.666. The Hall–Kier alpha value is -9.15. The molecular weight excluding hydrogens is 805 g/mol. The lowest BCUT2D eigenvalue weighted by Crippen LogP contribution is -2.15. The van der Waals surface area contributed by atoms with Crippen LogP contribution in [0.2, 0.25) is 0 Å². The van der Waals surface area contributed by atoms with E-state index in [1.807, 2.05) is 54.6 Å². The van der Waals surface area contributed by atoms with E-state index in [0.29, 0.717) is 39.3 Å². The smallest absolute Gasteiger partial charge is 0.104 e. The molecular formula is C60H36N6. The molecule has 306 valence electrons. The van der Waals surface area contributed by atoms with Gasteiger partial charge in [0.05, 0.1) is 61.8 Å². The Bertz CT molecular complexity index is 3970. The zero-order chi connectivity index (χ0) is 44.4. The summed E-state index contributed by atoms with van der Waals surface area (Å²) in [6.07, 6.45) is 0. The highest BCUT2D eigenvalue weighted by Crippen LogP contribution is 2.54. The van der Waals surface area contributed by atoms with Crippen LogP contribution in [0.3, 0.4) is 0 Å². The van der Waals surface area contributed by atoms with Crippen molar-refractivity contribution in [1.82, 2.24) is 13.7 Å². The normalized spacial score (nSPS) is 12.8. The third-order valence-electron chi connectivity index (χ3n) is 14.1. The lowest BCUT2D eigenvalue weighted by atomic mass is 9.80. The summed E-state index contributed by atoms with van der Waals surface area (Å²) in [5.41, 5.74) is 14.6. The average molecular weight is 841 g/mol. The third kappa shape index (κ3) is 4.81. The number of benzene rings is 9. The number of nitrogens with zero attached hydrogens (tertiary/aromatic N) is 6. The quantitative estimate of drug-likeness (QED) is 0.177. The van der Waals surface area contributed by atoms with E-state index >= 15 is 0 Å². The minimum absolute atomic E-state index is 0.335. The van der Waals surface area contributed by atoms with Crippen molar-refractivity contribution in [2.24, 2.45) is 0 Å². The van der Waals surface area contributed by atoms with Crippen molar-refractivity contribution in [3.63, 3.8) is 0 Å². The van der Waals surface area contributed by atoms with Crippen LogP contribution in [0.5, 0.6) is 0 Å². The predicted octanol–water partition coefficient (Wildman–Crippen LogP) is 14.6. The topological polar surface area (TPSA) is 86.2 Å². The largest absolute Gasteiger partial charge is 0.307 e. The van der Waals surface area contributed by atoms with Crippen LogP contribution in [0.15, 0.2) is 182 Å². The van der Waals surface area contributed by atoms with Gasteiger partial charge in [0.15, 0.2) is 0 Å². The first-order valence-corrected chi connectivity index (χ1v) is 22.1. The molecule has 0 amide bonds. The molecule has 0 N–H and O–H groups in total. The first-order chi connectivity index (χ1) is 32.4. The minimum atomic E-state index is -0.335. The number of hydrogen-bond donors (Lipinski definition) is 0. The molecule has 9 aromatic carbocycles. The van der Waals surface area contributed by atoms with Crippen molar-refractivity contribution in [3.05, 3.63) is 210 Å². The van der Waals surface area contributed by atoms with Crippen molar-refractivity contribution in [1.29, 1.82) is 15.8 Å². The van der Waals surface area contributed by atoms with Gasteiger partial charge < -0.3 is 13.7 Å². The van der Waals surface area contributed by atoms with Gasteiger partial charge in [0.1, 0.15) is 23.3 Å². The van der Waals surface area contributed by atoms with Crippen LogP contribution >= 0.6 is 0 Å². The van der Waals surface area contributed by atoms with E-state index in [4.69, 9.17) is 0 Å². The summed E-state index contributed by atoms with van der Waals surface area (Å²) in [5, 5.41) is 40.7. The Morgan fingerprint density at radius 2 is 0.803 bits per heavy atom. The number of aromatic nitrogens is 3. The van der Waals surface area contributed by atoms with Crippen LogP contribution in [0, 0.1) is 34.0 Å². The SMILES string of the molecule is CC1(C)c2ccccc2-c2ccc3c(c21)c1ccccc1n3-c1c(C#N)c(-n2c3ccccc3c3ccccc32)c(-c2ccc(C#N)cc2)c(-n2c3ccccc3c3ccccc32)c1C#N. The maximum atomic E-state index is 12.1. The van der Waals surface area contributed by atoms with Crippen molar-refractivity contribution in [3.8, 4) is 57.5 Å². The summed E-state index contributed by atoms with van der Waals surface area (Å²) < 4.78 is 6.65. The van der Waals surface area contributed by atoms with Crippen molar-refractivity contribution >= 4 is 65.4 Å². The Morgan fingerprint density at radius 1 is 0.379 bits per heavy atom. The van der Waals surface area contributed by atoms with Gasteiger partial charge in [0.25, 0.3) is 0 Å². The summed E-state index contributed by atoms with van der Waals surface area (Å²) >= 11 is 0. The Balaban J connectivity index is 1.32. The molecule has 0 saturated carbocycles. The zero-order valence-corrected chi connectivity index (χ0v) is 36.0. The van der Waals surface area contributed by atoms with Crippen LogP contribution in [0.4, 0.5) is 0 Å². The van der Waals surface area contributed by atoms with E-state index in [1.165, 1.54) is 22.3 Å². The molecule has 1 aliphatic rings. The van der Waals surface area contributed by atoms with E-state index in [9.17, 15) is 15.8 Å². The molecule has 12 aromatic rings. The number of para-hydroxylation sites is 5. The highest BCUT2D eigenvalue weighted by Gasteiger charge is 2.39. The summed E-state index contributed by atoms with van der Waals surface area (Å²) in [4.78, 5) is 0. The molecule has 0 unspecified atom stereocenters. The van der Waals surface area contributed by atoms with Crippen LogP contribution in [0.25, 0.3) is 105 Å². The molecule has 0 spiro atoms. The number of nitriles is 3. The molecule has 0 bridgehead atoms. The second-order valence-corrected chi connectivity index (χ2v) is 17.7. The number of fused-ring (bicyclic) bond motifs is 13. The Kier molecular flexibility index (Phi) is 7.75. The fraction of sp³-hybridized carbons (Fsp3) is 0.0500.